The molecule has 1 spiro atoms. The predicted molar refractivity (Wildman–Crippen MR) is 182 cm³/mol. The summed E-state index contributed by atoms with van der Waals surface area (Å²) in [4.78, 5) is 41.6. The molecule has 4 aliphatic rings. The second kappa shape index (κ2) is 13.3. The maximum absolute atomic E-state index is 13.5. The van der Waals surface area contributed by atoms with E-state index >= 15 is 0 Å². The topological polar surface area (TPSA) is 156 Å². The first-order valence-corrected chi connectivity index (χ1v) is 16.8. The Bertz CT molecular complexity index is 1800. The molecular formula is C37H46N4O7. The average molecular weight is 659 g/mol. The maximum atomic E-state index is 13.5. The number of likely N-dealkylation sites (tertiary alicyclic amines) is 1. The number of allylic oxidation sites excluding steroid dienone is 2. The molecule has 0 radical (unpaired) electrons. The summed E-state index contributed by atoms with van der Waals surface area (Å²) in [6, 6.07) is 5.52. The molecule has 11 nitrogen and oxygen atoms in total. The second-order valence-electron chi connectivity index (χ2n) is 13.7. The van der Waals surface area contributed by atoms with E-state index < -0.39 is 28.7 Å². The first kappa shape index (κ1) is 33.5. The minimum absolute atomic E-state index is 0.0241. The van der Waals surface area contributed by atoms with Gasteiger partial charge in [-0.1, -0.05) is 18.2 Å². The quantitative estimate of drug-likeness (QED) is 0.130. The number of nitrogens with one attached hydrogen (secondary N) is 2. The fourth-order valence-corrected chi connectivity index (χ4v) is 7.46. The second-order valence-corrected chi connectivity index (χ2v) is 13.7. The highest BCUT2D eigenvalue weighted by atomic mass is 16.6. The van der Waals surface area contributed by atoms with Crippen LogP contribution in [0.3, 0.4) is 0 Å². The molecule has 0 bridgehead atoms. The van der Waals surface area contributed by atoms with Gasteiger partial charge in [0.15, 0.2) is 11.2 Å². The Morgan fingerprint density at radius 1 is 1.27 bits per heavy atom. The fourth-order valence-electron chi connectivity index (χ4n) is 7.46. The van der Waals surface area contributed by atoms with Gasteiger partial charge in [0.05, 0.1) is 12.2 Å². The van der Waals surface area contributed by atoms with Crippen molar-refractivity contribution >= 4 is 22.8 Å². The summed E-state index contributed by atoms with van der Waals surface area (Å²) in [6.45, 7) is 8.13. The Labute approximate surface area is 280 Å². The number of hydrogen-bond acceptors (Lipinski definition) is 10. The van der Waals surface area contributed by atoms with Gasteiger partial charge in [-0.05, 0) is 75.6 Å². The van der Waals surface area contributed by atoms with E-state index in [1.54, 1.807) is 26.0 Å². The minimum Gasteiger partial charge on any atom is -0.481 e. The minimum atomic E-state index is -1.13. The van der Waals surface area contributed by atoms with Crippen LogP contribution < -0.4 is 26.7 Å². The van der Waals surface area contributed by atoms with Crippen LogP contribution in [0, 0.1) is 11.8 Å². The van der Waals surface area contributed by atoms with Crippen LogP contribution in [0.1, 0.15) is 51.2 Å². The lowest BCUT2D eigenvalue weighted by Gasteiger charge is -2.51. The summed E-state index contributed by atoms with van der Waals surface area (Å²) < 4.78 is 19.1. The van der Waals surface area contributed by atoms with E-state index in [0.29, 0.717) is 66.4 Å². The highest BCUT2D eigenvalue weighted by Gasteiger charge is 2.62. The van der Waals surface area contributed by atoms with E-state index in [4.69, 9.17) is 19.6 Å². The van der Waals surface area contributed by atoms with Crippen LogP contribution in [0.25, 0.3) is 11.0 Å². The van der Waals surface area contributed by atoms with Gasteiger partial charge in [0.1, 0.15) is 11.3 Å². The first-order chi connectivity index (χ1) is 23.0. The lowest BCUT2D eigenvalue weighted by Crippen LogP contribution is -2.63. The molecule has 48 heavy (non-hydrogen) atoms. The fraction of sp³-hybridized carbons (Fsp3) is 0.486. The Morgan fingerprint density at radius 3 is 2.79 bits per heavy atom. The molecule has 11 heteroatoms. The number of esters is 1. The summed E-state index contributed by atoms with van der Waals surface area (Å²) in [6.07, 6.45) is 9.58. The highest BCUT2D eigenvalue weighted by molar-refractivity contribution is 5.88. The van der Waals surface area contributed by atoms with Crippen LogP contribution in [0.5, 0.6) is 5.75 Å². The van der Waals surface area contributed by atoms with E-state index in [2.05, 4.69) is 16.7 Å². The smallest absolute Gasteiger partial charge is 0.339 e. The molecule has 1 aromatic carbocycles. The molecule has 4 heterocycles. The molecule has 3 aliphatic heterocycles. The Morgan fingerprint density at radius 2 is 2.06 bits per heavy atom. The monoisotopic (exact) mass is 658 g/mol. The van der Waals surface area contributed by atoms with Crippen LogP contribution in [0.2, 0.25) is 0 Å². The lowest BCUT2D eigenvalue weighted by atomic mass is 9.63. The maximum Gasteiger partial charge on any atom is 0.339 e. The number of rotatable bonds is 10. The molecule has 2 aromatic rings. The zero-order chi connectivity index (χ0) is 34.2. The molecule has 1 fully saturated rings. The molecule has 1 aromatic heterocycles. The normalized spacial score (nSPS) is 25.4. The molecule has 0 saturated carbocycles. The van der Waals surface area contributed by atoms with Crippen molar-refractivity contribution in [2.45, 2.75) is 64.1 Å². The van der Waals surface area contributed by atoms with Crippen LogP contribution in [0.15, 0.2) is 74.3 Å². The number of aliphatic hydroxyl groups excluding tert-OH is 1. The van der Waals surface area contributed by atoms with Gasteiger partial charge in [0.25, 0.3) is 0 Å². The van der Waals surface area contributed by atoms with Gasteiger partial charge in [-0.2, -0.15) is 0 Å². The van der Waals surface area contributed by atoms with Gasteiger partial charge in [0, 0.05) is 80.1 Å². The van der Waals surface area contributed by atoms with E-state index in [1.807, 2.05) is 43.2 Å². The Hall–Kier alpha value is -4.35. The van der Waals surface area contributed by atoms with Crippen LogP contribution in [0.4, 0.5) is 0 Å². The summed E-state index contributed by atoms with van der Waals surface area (Å²) in [5, 5.41) is 16.5. The van der Waals surface area contributed by atoms with Gasteiger partial charge >= 0.3 is 11.6 Å². The molecule has 1 aliphatic carbocycles. The first-order valence-electron chi connectivity index (χ1n) is 16.8. The highest BCUT2D eigenvalue weighted by Crippen LogP contribution is 2.54. The van der Waals surface area contributed by atoms with E-state index in [9.17, 15) is 19.5 Å². The molecule has 5 N–H and O–H groups in total. The number of dihydropyridines is 1. The average Bonchev–Trinajstić information content (AvgIpc) is 3.41. The summed E-state index contributed by atoms with van der Waals surface area (Å²) in [7, 11) is 1.92. The van der Waals surface area contributed by atoms with Crippen LogP contribution in [-0.2, 0) is 27.2 Å². The number of carbonyl (C=O) groups excluding carboxylic acids is 2. The largest absolute Gasteiger partial charge is 0.481 e. The third-order valence-corrected chi connectivity index (χ3v) is 10.4. The van der Waals surface area contributed by atoms with Gasteiger partial charge in [0.2, 0.25) is 5.91 Å². The number of aryl methyl sites for hydroxylation is 1. The zero-order valence-electron chi connectivity index (χ0n) is 28.2. The molecule has 1 saturated heterocycles. The van der Waals surface area contributed by atoms with Gasteiger partial charge in [-0.15, -0.1) is 0 Å². The van der Waals surface area contributed by atoms with E-state index in [0.717, 1.165) is 41.7 Å². The van der Waals surface area contributed by atoms with Crippen molar-refractivity contribution in [1.82, 2.24) is 15.5 Å². The molecule has 256 valence electrons. The number of nitrogens with zero attached hydrogens (tertiary/aromatic N) is 1. The van der Waals surface area contributed by atoms with Crippen molar-refractivity contribution in [1.29, 1.82) is 0 Å². The summed E-state index contributed by atoms with van der Waals surface area (Å²) in [5.74, 6) is 0.663. The van der Waals surface area contributed by atoms with E-state index in [-0.39, 0.29) is 18.9 Å². The number of benzene rings is 1. The number of nitrogens with two attached hydrogens (primary N) is 1. The molecule has 1 amide bonds. The lowest BCUT2D eigenvalue weighted by molar-refractivity contribution is -0.185. The predicted octanol–water partition coefficient (Wildman–Crippen LogP) is 3.00. The van der Waals surface area contributed by atoms with E-state index in [1.165, 1.54) is 0 Å². The van der Waals surface area contributed by atoms with Crippen molar-refractivity contribution in [2.24, 2.45) is 17.6 Å². The Kier molecular flexibility index (Phi) is 9.28. The molecule has 6 rings (SSSR count). The number of carbonyl (C=O) groups is 2. The van der Waals surface area contributed by atoms with Crippen molar-refractivity contribution in [3.05, 3.63) is 86.6 Å². The van der Waals surface area contributed by atoms with Gasteiger partial charge < -0.3 is 40.3 Å². The van der Waals surface area contributed by atoms with Crippen molar-refractivity contribution in [3.63, 3.8) is 0 Å². The van der Waals surface area contributed by atoms with Crippen LogP contribution >= 0.6 is 0 Å². The number of aliphatic hydroxyl groups is 1. The number of ether oxygens (including phenoxy) is 2. The molecule has 0 unspecified atom stereocenters. The van der Waals surface area contributed by atoms with Crippen LogP contribution in [-0.4, -0.2) is 72.9 Å². The summed E-state index contributed by atoms with van der Waals surface area (Å²) in [5.41, 5.74) is 7.72. The standard InChI is InChI=1S/C37H46N4O7/c1-5-22(2)34(44)48-36(3)10-6-9-29(28-15-32(38)40-19-27(28)14-33(43)41-20-23(21-41)18-39-4)37(36)17-26-13-25-12-24(8-7-11-42)35(45)46-30(25)16-31(26)47-37/h5-6,9,12-13,15-16,23,29,39-40,42H,7-8,10-11,14,17-21,38H2,1-4H3/b22-5+/t29-,36+,37+/m0/s1. The third kappa shape index (κ3) is 6.05. The SMILES string of the molecule is C/C=C(\C)C(=O)O[C@]1(C)CC=C[C@@H](C2=C(CC(=O)N3CC(CNC)C3)CNC(N)=C2)[C@]12Cc1cc3cc(CCCO)c(=O)oc3cc1O2. The summed E-state index contributed by atoms with van der Waals surface area (Å²) >= 11 is 0. The number of amides is 1. The molecule has 3 atom stereocenters. The number of hydrogen-bond donors (Lipinski definition) is 4. The molecular weight excluding hydrogens is 612 g/mol. The van der Waals surface area contributed by atoms with Gasteiger partial charge in [-0.25, -0.2) is 9.59 Å². The third-order valence-electron chi connectivity index (χ3n) is 10.4. The van der Waals surface area contributed by atoms with Gasteiger partial charge in [-0.3, -0.25) is 4.79 Å². The Balaban J connectivity index is 1.43. The van der Waals surface area contributed by atoms with Crippen molar-refractivity contribution in [2.75, 3.05) is 39.8 Å². The van der Waals surface area contributed by atoms with Crippen molar-refractivity contribution in [3.8, 4) is 5.75 Å². The number of fused-ring (bicyclic) bond motifs is 2. The zero-order valence-corrected chi connectivity index (χ0v) is 28.2. The van der Waals surface area contributed by atoms with Crippen molar-refractivity contribution < 1.29 is 28.6 Å².